The van der Waals surface area contributed by atoms with Gasteiger partial charge in [-0.1, -0.05) is 12.1 Å². The van der Waals surface area contributed by atoms with E-state index >= 15 is 0 Å². The molecule has 6 heteroatoms. The largest absolute Gasteiger partial charge is 0.326 e. The molecule has 2 aromatic rings. The van der Waals surface area contributed by atoms with Gasteiger partial charge in [-0.05, 0) is 30.3 Å². The Kier molecular flexibility index (Phi) is 3.81. The number of amides is 3. The zero-order valence-corrected chi connectivity index (χ0v) is 13.7. The molecule has 0 atom stereocenters. The maximum absolute atomic E-state index is 12.3. The molecule has 0 bridgehead atoms. The number of para-hydroxylation sites is 2. The van der Waals surface area contributed by atoms with E-state index in [-0.39, 0.29) is 17.7 Å². The van der Waals surface area contributed by atoms with E-state index in [0.29, 0.717) is 28.4 Å². The standard InChI is InChI=1S/C18H17N3O3/c1-11(22)19-14-8-9-17-18(10-14)21(13(3)24)16-7-5-4-6-15(16)20(17)12(2)23/h4-10H,1-3H3,(H,19,22). The highest BCUT2D eigenvalue weighted by atomic mass is 16.2. The molecule has 1 N–H and O–H groups in total. The first-order chi connectivity index (χ1) is 11.4. The number of carbonyl (C=O) groups is 3. The van der Waals surface area contributed by atoms with Gasteiger partial charge in [-0.3, -0.25) is 24.2 Å². The van der Waals surface area contributed by atoms with Crippen LogP contribution in [0.3, 0.4) is 0 Å². The second kappa shape index (κ2) is 5.81. The second-order valence-electron chi connectivity index (χ2n) is 5.58. The predicted molar refractivity (Wildman–Crippen MR) is 92.8 cm³/mol. The molecule has 1 aliphatic rings. The van der Waals surface area contributed by atoms with Crippen molar-refractivity contribution in [2.45, 2.75) is 20.8 Å². The number of hydrogen-bond donors (Lipinski definition) is 1. The molecule has 0 spiro atoms. The highest BCUT2D eigenvalue weighted by Crippen LogP contribution is 2.48. The third-order valence-electron chi connectivity index (χ3n) is 3.77. The molecule has 1 aliphatic heterocycles. The minimum atomic E-state index is -0.205. The Bertz CT molecular complexity index is 860. The number of fused-ring (bicyclic) bond motifs is 2. The van der Waals surface area contributed by atoms with Crippen LogP contribution in [-0.4, -0.2) is 17.7 Å². The summed E-state index contributed by atoms with van der Waals surface area (Å²) in [5.41, 5.74) is 3.01. The smallest absolute Gasteiger partial charge is 0.228 e. The van der Waals surface area contributed by atoms with Gasteiger partial charge in [0.2, 0.25) is 17.7 Å². The molecule has 3 amide bonds. The number of anilines is 5. The van der Waals surface area contributed by atoms with E-state index in [1.165, 1.54) is 20.8 Å². The van der Waals surface area contributed by atoms with Crippen molar-refractivity contribution in [1.29, 1.82) is 0 Å². The van der Waals surface area contributed by atoms with Crippen LogP contribution in [0.25, 0.3) is 0 Å². The Morgan fingerprint density at radius 3 is 1.75 bits per heavy atom. The summed E-state index contributed by atoms with van der Waals surface area (Å²) in [6.45, 7) is 4.36. The van der Waals surface area contributed by atoms with Crippen LogP contribution in [0.5, 0.6) is 0 Å². The summed E-state index contributed by atoms with van der Waals surface area (Å²) < 4.78 is 0. The molecule has 0 saturated heterocycles. The molecule has 0 radical (unpaired) electrons. The fourth-order valence-corrected chi connectivity index (χ4v) is 2.95. The molecule has 0 unspecified atom stereocenters. The van der Waals surface area contributed by atoms with Gasteiger partial charge < -0.3 is 5.32 Å². The Labute approximate surface area is 139 Å². The maximum atomic E-state index is 12.3. The topological polar surface area (TPSA) is 69.7 Å². The Balaban J connectivity index is 2.26. The molecule has 2 aromatic carbocycles. The molecule has 6 nitrogen and oxygen atoms in total. The molecule has 0 saturated carbocycles. The molecular weight excluding hydrogens is 306 g/mol. The summed E-state index contributed by atoms with van der Waals surface area (Å²) in [5.74, 6) is -0.532. The first kappa shape index (κ1) is 15.7. The average molecular weight is 323 g/mol. The zero-order valence-electron chi connectivity index (χ0n) is 13.7. The average Bonchev–Trinajstić information content (AvgIpc) is 2.50. The summed E-state index contributed by atoms with van der Waals surface area (Å²) in [6.07, 6.45) is 0. The van der Waals surface area contributed by atoms with Crippen molar-refractivity contribution in [2.24, 2.45) is 0 Å². The van der Waals surface area contributed by atoms with Gasteiger partial charge in [0, 0.05) is 26.5 Å². The normalized spacial score (nSPS) is 12.3. The number of nitrogens with zero attached hydrogens (tertiary/aromatic N) is 2. The van der Waals surface area contributed by atoms with Crippen LogP contribution >= 0.6 is 0 Å². The third-order valence-corrected chi connectivity index (χ3v) is 3.77. The second-order valence-corrected chi connectivity index (χ2v) is 5.58. The number of rotatable bonds is 1. The van der Waals surface area contributed by atoms with Gasteiger partial charge in [0.05, 0.1) is 22.7 Å². The van der Waals surface area contributed by atoms with Crippen molar-refractivity contribution < 1.29 is 14.4 Å². The van der Waals surface area contributed by atoms with Gasteiger partial charge in [-0.15, -0.1) is 0 Å². The quantitative estimate of drug-likeness (QED) is 0.875. The third kappa shape index (κ3) is 2.52. The fourth-order valence-electron chi connectivity index (χ4n) is 2.95. The molecule has 24 heavy (non-hydrogen) atoms. The molecule has 122 valence electrons. The van der Waals surface area contributed by atoms with E-state index in [1.807, 2.05) is 12.1 Å². The molecular formula is C18H17N3O3. The molecule has 1 heterocycles. The zero-order chi connectivity index (χ0) is 17.4. The minimum absolute atomic E-state index is 0.154. The molecule has 0 aromatic heterocycles. The minimum Gasteiger partial charge on any atom is -0.326 e. The van der Waals surface area contributed by atoms with Gasteiger partial charge in [-0.2, -0.15) is 0 Å². The number of carbonyl (C=O) groups excluding carboxylic acids is 3. The van der Waals surface area contributed by atoms with Crippen molar-refractivity contribution in [3.63, 3.8) is 0 Å². The lowest BCUT2D eigenvalue weighted by Gasteiger charge is -2.37. The lowest BCUT2D eigenvalue weighted by molar-refractivity contribution is -0.117. The SMILES string of the molecule is CC(=O)Nc1ccc2c(c1)N(C(C)=O)c1ccccc1N2C(C)=O. The van der Waals surface area contributed by atoms with Crippen LogP contribution in [0, 0.1) is 0 Å². The van der Waals surface area contributed by atoms with Gasteiger partial charge in [-0.25, -0.2) is 0 Å². The van der Waals surface area contributed by atoms with E-state index in [4.69, 9.17) is 0 Å². The van der Waals surface area contributed by atoms with Crippen molar-refractivity contribution in [3.8, 4) is 0 Å². The van der Waals surface area contributed by atoms with Gasteiger partial charge in [0.1, 0.15) is 0 Å². The van der Waals surface area contributed by atoms with E-state index < -0.39 is 0 Å². The van der Waals surface area contributed by atoms with Crippen LogP contribution in [0.15, 0.2) is 42.5 Å². The van der Waals surface area contributed by atoms with Crippen LogP contribution in [-0.2, 0) is 14.4 Å². The summed E-state index contributed by atoms with van der Waals surface area (Å²) in [6, 6.07) is 12.4. The monoisotopic (exact) mass is 323 g/mol. The van der Waals surface area contributed by atoms with E-state index in [2.05, 4.69) is 5.32 Å². The van der Waals surface area contributed by atoms with Crippen molar-refractivity contribution in [2.75, 3.05) is 15.1 Å². The Morgan fingerprint density at radius 1 is 0.750 bits per heavy atom. The maximum Gasteiger partial charge on any atom is 0.228 e. The number of benzene rings is 2. The van der Waals surface area contributed by atoms with Crippen LogP contribution in [0.4, 0.5) is 28.4 Å². The summed E-state index contributed by atoms with van der Waals surface area (Å²) in [5, 5.41) is 2.70. The van der Waals surface area contributed by atoms with E-state index in [0.717, 1.165) is 0 Å². The summed E-state index contributed by atoms with van der Waals surface area (Å²) >= 11 is 0. The number of hydrogen-bond acceptors (Lipinski definition) is 3. The van der Waals surface area contributed by atoms with Crippen LogP contribution < -0.4 is 15.1 Å². The van der Waals surface area contributed by atoms with Crippen LogP contribution in [0.2, 0.25) is 0 Å². The fraction of sp³-hybridized carbons (Fsp3) is 0.167. The lowest BCUT2D eigenvalue weighted by atomic mass is 10.1. The first-order valence-corrected chi connectivity index (χ1v) is 7.52. The van der Waals surface area contributed by atoms with E-state index in [9.17, 15) is 14.4 Å². The van der Waals surface area contributed by atoms with E-state index in [1.54, 1.807) is 40.1 Å². The molecule has 3 rings (SSSR count). The predicted octanol–water partition coefficient (Wildman–Crippen LogP) is 3.33. The number of nitrogens with one attached hydrogen (secondary N) is 1. The van der Waals surface area contributed by atoms with Crippen molar-refractivity contribution in [3.05, 3.63) is 42.5 Å². The summed E-state index contributed by atoms with van der Waals surface area (Å²) in [4.78, 5) is 38.9. The van der Waals surface area contributed by atoms with Crippen molar-refractivity contribution in [1.82, 2.24) is 0 Å². The van der Waals surface area contributed by atoms with Gasteiger partial charge in [0.15, 0.2) is 0 Å². The Hall–Kier alpha value is -3.15. The van der Waals surface area contributed by atoms with Crippen molar-refractivity contribution >= 4 is 46.2 Å². The van der Waals surface area contributed by atoms with Gasteiger partial charge in [0.25, 0.3) is 0 Å². The highest BCUT2D eigenvalue weighted by molar-refractivity contribution is 6.16. The molecule has 0 fully saturated rings. The highest BCUT2D eigenvalue weighted by Gasteiger charge is 2.32. The summed E-state index contributed by atoms with van der Waals surface area (Å²) in [7, 11) is 0. The van der Waals surface area contributed by atoms with Gasteiger partial charge >= 0.3 is 0 Å². The Morgan fingerprint density at radius 2 is 1.25 bits per heavy atom. The first-order valence-electron chi connectivity index (χ1n) is 7.52. The van der Waals surface area contributed by atoms with Crippen LogP contribution in [0.1, 0.15) is 20.8 Å². The lowest BCUT2D eigenvalue weighted by Crippen LogP contribution is -2.34. The molecule has 0 aliphatic carbocycles.